The normalized spacial score (nSPS) is 12.1. The van der Waals surface area contributed by atoms with E-state index in [1.165, 1.54) is 0 Å². The van der Waals surface area contributed by atoms with Crippen molar-refractivity contribution in [2.24, 2.45) is 0 Å². The zero-order chi connectivity index (χ0) is 11.8. The predicted octanol–water partition coefficient (Wildman–Crippen LogP) is 0.609. The van der Waals surface area contributed by atoms with Crippen molar-refractivity contribution in [2.45, 2.75) is 18.9 Å². The Hall–Kier alpha value is -1.39. The Morgan fingerprint density at radius 2 is 1.94 bits per heavy atom. The molecule has 0 saturated heterocycles. The minimum absolute atomic E-state index is 0.00253. The van der Waals surface area contributed by atoms with E-state index in [2.05, 4.69) is 5.32 Å². The molecule has 0 aliphatic heterocycles. The lowest BCUT2D eigenvalue weighted by molar-refractivity contribution is -0.122. The third-order valence-corrected chi connectivity index (χ3v) is 2.28. The van der Waals surface area contributed by atoms with E-state index in [0.29, 0.717) is 6.42 Å². The summed E-state index contributed by atoms with van der Waals surface area (Å²) >= 11 is 0. The maximum atomic E-state index is 11.4. The number of benzene rings is 1. The van der Waals surface area contributed by atoms with Gasteiger partial charge in [0.25, 0.3) is 0 Å². The molecule has 0 heterocycles. The summed E-state index contributed by atoms with van der Waals surface area (Å²) in [6, 6.07) is 8.94. The number of amides is 1. The first-order chi connectivity index (χ1) is 7.77. The van der Waals surface area contributed by atoms with Gasteiger partial charge in [-0.05, 0) is 12.0 Å². The smallest absolute Gasteiger partial charge is 0.220 e. The van der Waals surface area contributed by atoms with Crippen LogP contribution in [0.25, 0.3) is 0 Å². The fourth-order valence-corrected chi connectivity index (χ4v) is 1.43. The molecule has 0 fully saturated rings. The van der Waals surface area contributed by atoms with Crippen molar-refractivity contribution in [1.29, 1.82) is 0 Å². The van der Waals surface area contributed by atoms with Crippen LogP contribution in [0.15, 0.2) is 30.3 Å². The Balaban J connectivity index is 2.52. The highest BCUT2D eigenvalue weighted by Gasteiger charge is 2.12. The van der Waals surface area contributed by atoms with E-state index in [1.54, 1.807) is 0 Å². The second kappa shape index (κ2) is 6.98. The molecule has 88 valence electrons. The van der Waals surface area contributed by atoms with Crippen LogP contribution in [-0.4, -0.2) is 29.3 Å². The van der Waals surface area contributed by atoms with Crippen molar-refractivity contribution in [3.63, 3.8) is 0 Å². The second-order valence-corrected chi connectivity index (χ2v) is 3.54. The van der Waals surface area contributed by atoms with Crippen LogP contribution in [0, 0.1) is 0 Å². The summed E-state index contributed by atoms with van der Waals surface area (Å²) in [5.74, 6) is -0.156. The van der Waals surface area contributed by atoms with Crippen LogP contribution in [0.2, 0.25) is 0 Å². The molecule has 1 aromatic rings. The number of aliphatic hydroxyl groups is 2. The third kappa shape index (κ3) is 4.00. The molecule has 1 atom stereocenters. The van der Waals surface area contributed by atoms with Gasteiger partial charge in [-0.15, -0.1) is 0 Å². The quantitative estimate of drug-likeness (QED) is 0.661. The molecule has 0 aromatic heterocycles. The minimum atomic E-state index is -0.368. The number of rotatable bonds is 6. The first kappa shape index (κ1) is 12.7. The largest absolute Gasteiger partial charge is 0.396 e. The van der Waals surface area contributed by atoms with Gasteiger partial charge in [0, 0.05) is 13.0 Å². The molecule has 4 nitrogen and oxygen atoms in total. The minimum Gasteiger partial charge on any atom is -0.396 e. The Kier molecular flexibility index (Phi) is 5.53. The molecular formula is C12H17NO3. The Morgan fingerprint density at radius 1 is 1.25 bits per heavy atom. The summed E-state index contributed by atoms with van der Waals surface area (Å²) in [6.07, 6.45) is 0.721. The number of nitrogens with one attached hydrogen (secondary N) is 1. The van der Waals surface area contributed by atoms with Crippen LogP contribution >= 0.6 is 0 Å². The van der Waals surface area contributed by atoms with E-state index < -0.39 is 0 Å². The van der Waals surface area contributed by atoms with E-state index in [4.69, 9.17) is 5.11 Å². The van der Waals surface area contributed by atoms with Gasteiger partial charge in [0.05, 0.1) is 12.6 Å². The van der Waals surface area contributed by atoms with Crippen LogP contribution in [0.4, 0.5) is 0 Å². The first-order valence-corrected chi connectivity index (χ1v) is 5.34. The van der Waals surface area contributed by atoms with E-state index in [-0.39, 0.29) is 31.6 Å². The number of carbonyl (C=O) groups excluding carboxylic acids is 1. The van der Waals surface area contributed by atoms with E-state index >= 15 is 0 Å². The van der Waals surface area contributed by atoms with Gasteiger partial charge in [-0.1, -0.05) is 30.3 Å². The van der Waals surface area contributed by atoms with Gasteiger partial charge < -0.3 is 15.5 Å². The molecule has 0 radical (unpaired) electrons. The maximum absolute atomic E-state index is 11.4. The van der Waals surface area contributed by atoms with Crippen molar-refractivity contribution in [2.75, 3.05) is 13.2 Å². The zero-order valence-electron chi connectivity index (χ0n) is 9.10. The molecule has 0 aliphatic carbocycles. The van der Waals surface area contributed by atoms with E-state index in [9.17, 15) is 9.90 Å². The fraction of sp³-hybridized carbons (Fsp3) is 0.417. The van der Waals surface area contributed by atoms with Gasteiger partial charge in [0.1, 0.15) is 0 Å². The van der Waals surface area contributed by atoms with E-state index in [0.717, 1.165) is 5.56 Å². The number of aliphatic hydroxyl groups excluding tert-OH is 2. The molecule has 1 aromatic carbocycles. The highest BCUT2D eigenvalue weighted by atomic mass is 16.3. The summed E-state index contributed by atoms with van der Waals surface area (Å²) in [4.78, 5) is 11.4. The van der Waals surface area contributed by atoms with Crippen LogP contribution in [0.3, 0.4) is 0 Å². The van der Waals surface area contributed by atoms with E-state index in [1.807, 2.05) is 30.3 Å². The Labute approximate surface area is 94.9 Å². The second-order valence-electron chi connectivity index (χ2n) is 3.54. The fourth-order valence-electron chi connectivity index (χ4n) is 1.43. The number of hydrogen-bond donors (Lipinski definition) is 3. The standard InChI is InChI=1S/C12H17NO3/c14-8-4-7-12(16)13-11(9-15)10-5-2-1-3-6-10/h1-3,5-6,11,14-15H,4,7-9H2,(H,13,16)/t11-/m0/s1. The van der Waals surface area contributed by atoms with Crippen molar-refractivity contribution >= 4 is 5.91 Å². The van der Waals surface area contributed by atoms with Crippen LogP contribution in [0.5, 0.6) is 0 Å². The predicted molar refractivity (Wildman–Crippen MR) is 60.7 cm³/mol. The number of carbonyl (C=O) groups is 1. The van der Waals surface area contributed by atoms with Crippen LogP contribution < -0.4 is 5.32 Å². The SMILES string of the molecule is O=C(CCCO)N[C@@H](CO)c1ccccc1. The van der Waals surface area contributed by atoms with Gasteiger partial charge in [-0.2, -0.15) is 0 Å². The molecule has 0 bridgehead atoms. The zero-order valence-corrected chi connectivity index (χ0v) is 9.10. The Bertz CT molecular complexity index is 313. The number of hydrogen-bond acceptors (Lipinski definition) is 3. The average molecular weight is 223 g/mol. The molecule has 1 rings (SSSR count). The molecule has 0 spiro atoms. The lowest BCUT2D eigenvalue weighted by atomic mass is 10.1. The monoisotopic (exact) mass is 223 g/mol. The molecule has 3 N–H and O–H groups in total. The summed E-state index contributed by atoms with van der Waals surface area (Å²) in [7, 11) is 0. The molecule has 16 heavy (non-hydrogen) atoms. The van der Waals surface area contributed by atoms with Crippen molar-refractivity contribution in [3.8, 4) is 0 Å². The van der Waals surface area contributed by atoms with Gasteiger partial charge in [-0.3, -0.25) is 4.79 Å². The van der Waals surface area contributed by atoms with Crippen molar-refractivity contribution < 1.29 is 15.0 Å². The first-order valence-electron chi connectivity index (χ1n) is 5.34. The molecule has 1 amide bonds. The highest BCUT2D eigenvalue weighted by Crippen LogP contribution is 2.11. The lowest BCUT2D eigenvalue weighted by Gasteiger charge is -2.16. The summed E-state index contributed by atoms with van der Waals surface area (Å²) in [5.41, 5.74) is 0.877. The lowest BCUT2D eigenvalue weighted by Crippen LogP contribution is -2.30. The average Bonchev–Trinajstić information content (AvgIpc) is 2.34. The van der Waals surface area contributed by atoms with Crippen molar-refractivity contribution in [3.05, 3.63) is 35.9 Å². The van der Waals surface area contributed by atoms with Gasteiger partial charge in [0.15, 0.2) is 0 Å². The molecule has 0 unspecified atom stereocenters. The maximum Gasteiger partial charge on any atom is 0.220 e. The van der Waals surface area contributed by atoms with Crippen LogP contribution in [0.1, 0.15) is 24.4 Å². The van der Waals surface area contributed by atoms with Gasteiger partial charge >= 0.3 is 0 Å². The Morgan fingerprint density at radius 3 is 2.50 bits per heavy atom. The third-order valence-electron chi connectivity index (χ3n) is 2.28. The summed E-state index contributed by atoms with van der Waals surface area (Å²) < 4.78 is 0. The van der Waals surface area contributed by atoms with Gasteiger partial charge in [-0.25, -0.2) is 0 Å². The molecular weight excluding hydrogens is 206 g/mol. The summed E-state index contributed by atoms with van der Waals surface area (Å²) in [6.45, 7) is -0.128. The highest BCUT2D eigenvalue weighted by molar-refractivity contribution is 5.76. The van der Waals surface area contributed by atoms with Crippen LogP contribution in [-0.2, 0) is 4.79 Å². The van der Waals surface area contributed by atoms with Gasteiger partial charge in [0.2, 0.25) is 5.91 Å². The summed E-state index contributed by atoms with van der Waals surface area (Å²) in [5, 5.41) is 20.5. The molecule has 4 heteroatoms. The van der Waals surface area contributed by atoms with Crippen molar-refractivity contribution in [1.82, 2.24) is 5.32 Å². The molecule has 0 saturated carbocycles. The topological polar surface area (TPSA) is 69.6 Å². The molecule has 0 aliphatic rings.